The van der Waals surface area contributed by atoms with Crippen molar-refractivity contribution in [2.45, 2.75) is 20.8 Å². The van der Waals surface area contributed by atoms with Crippen LogP contribution in [0.15, 0.2) is 109 Å². The second-order valence-electron chi connectivity index (χ2n) is 6.49. The zero-order chi connectivity index (χ0) is 20.2. The minimum absolute atomic E-state index is 1.03. The van der Waals surface area contributed by atoms with Crippen molar-refractivity contribution in [1.29, 1.82) is 0 Å². The van der Waals surface area contributed by atoms with Crippen LogP contribution in [-0.2, 0) is 0 Å². The first-order valence-electron chi connectivity index (χ1n) is 9.56. The molecule has 0 heterocycles. The molecule has 0 saturated heterocycles. The topological polar surface area (TPSA) is 12.0 Å². The number of hydrogen-bond donors (Lipinski definition) is 1. The van der Waals surface area contributed by atoms with Crippen molar-refractivity contribution < 1.29 is 0 Å². The van der Waals surface area contributed by atoms with Crippen LogP contribution in [0.5, 0.6) is 0 Å². The number of rotatable bonds is 7. The van der Waals surface area contributed by atoms with E-state index < -0.39 is 0 Å². The second-order valence-corrected chi connectivity index (χ2v) is 6.49. The lowest BCUT2D eigenvalue weighted by Crippen LogP contribution is -2.21. The van der Waals surface area contributed by atoms with Crippen molar-refractivity contribution in [2.75, 3.05) is 0 Å². The fourth-order valence-corrected chi connectivity index (χ4v) is 2.71. The summed E-state index contributed by atoms with van der Waals surface area (Å²) in [6, 6.07) is 18.6. The van der Waals surface area contributed by atoms with E-state index in [4.69, 9.17) is 0 Å². The summed E-state index contributed by atoms with van der Waals surface area (Å²) < 4.78 is 0. The van der Waals surface area contributed by atoms with E-state index in [1.54, 1.807) is 0 Å². The van der Waals surface area contributed by atoms with Crippen LogP contribution in [0.1, 0.15) is 26.3 Å². The van der Waals surface area contributed by atoms with Gasteiger partial charge in [0.25, 0.3) is 0 Å². The fourth-order valence-electron chi connectivity index (χ4n) is 2.71. The largest absolute Gasteiger partial charge is 0.362 e. The first kappa shape index (κ1) is 21.0. The highest BCUT2D eigenvalue weighted by atomic mass is 14.8. The summed E-state index contributed by atoms with van der Waals surface area (Å²) in [4.78, 5) is 0. The monoisotopic (exact) mass is 367 g/mol. The van der Waals surface area contributed by atoms with Gasteiger partial charge in [-0.05, 0) is 60.7 Å². The summed E-state index contributed by atoms with van der Waals surface area (Å²) in [7, 11) is 0. The van der Waals surface area contributed by atoms with Gasteiger partial charge in [0, 0.05) is 5.70 Å². The maximum Gasteiger partial charge on any atom is 0.0382 e. The summed E-state index contributed by atoms with van der Waals surface area (Å²) in [5.74, 6) is 0. The lowest BCUT2D eigenvalue weighted by molar-refractivity contribution is 1.11. The number of hydrogen-bond acceptors (Lipinski definition) is 1. The summed E-state index contributed by atoms with van der Waals surface area (Å²) in [5, 5.41) is 5.49. The highest BCUT2D eigenvalue weighted by molar-refractivity contribution is 5.77. The van der Waals surface area contributed by atoms with Gasteiger partial charge in [-0.2, -0.15) is 0 Å². The zero-order valence-corrected chi connectivity index (χ0v) is 17.0. The quantitative estimate of drug-likeness (QED) is 0.638. The molecule has 0 unspecified atom stereocenters. The third-order valence-electron chi connectivity index (χ3n) is 4.15. The number of nitrogens with one attached hydrogen (secondary N) is 1. The van der Waals surface area contributed by atoms with Gasteiger partial charge in [0.1, 0.15) is 0 Å². The molecule has 0 aliphatic rings. The molecular formula is C27H29N. The van der Waals surface area contributed by atoms with E-state index in [2.05, 4.69) is 79.5 Å². The Balaban J connectivity index is 2.49. The standard InChI is InChI=1S/C27H29N/c1-5-12-27(28-19-6-2)21-26(25-15-8-7-9-16-25)20-22(3)17-18-24-14-11-10-13-23(24)4/h5-21,28H,4H2,1-3H3/b12-5-,19-6+,22-17+,24-18-,26-20-,27-21+. The fraction of sp³-hybridized carbons (Fsp3) is 0.111. The molecule has 0 aliphatic carbocycles. The molecule has 1 heteroatoms. The molecule has 0 bridgehead atoms. The van der Waals surface area contributed by atoms with E-state index in [0.717, 1.165) is 21.7 Å². The van der Waals surface area contributed by atoms with E-state index in [9.17, 15) is 0 Å². The Bertz CT molecular complexity index is 1020. The molecule has 142 valence electrons. The van der Waals surface area contributed by atoms with Crippen LogP contribution in [0.25, 0.3) is 18.2 Å². The predicted molar refractivity (Wildman–Crippen MR) is 125 cm³/mol. The molecular weight excluding hydrogens is 338 g/mol. The van der Waals surface area contributed by atoms with Crippen LogP contribution >= 0.6 is 0 Å². The number of allylic oxidation sites excluding steroid dienone is 8. The normalized spacial score (nSPS) is 14.2. The van der Waals surface area contributed by atoms with Crippen LogP contribution in [0, 0.1) is 0 Å². The van der Waals surface area contributed by atoms with Crippen molar-refractivity contribution in [3.05, 3.63) is 125 Å². The van der Waals surface area contributed by atoms with Gasteiger partial charge in [-0.3, -0.25) is 0 Å². The summed E-state index contributed by atoms with van der Waals surface area (Å²) in [6.07, 6.45) is 16.7. The lowest BCUT2D eigenvalue weighted by Gasteiger charge is -2.07. The van der Waals surface area contributed by atoms with Crippen LogP contribution in [0.2, 0.25) is 0 Å². The molecule has 0 aliphatic heterocycles. The van der Waals surface area contributed by atoms with Gasteiger partial charge in [-0.1, -0.05) is 97.1 Å². The molecule has 0 fully saturated rings. The number of benzene rings is 2. The Labute approximate surface area is 169 Å². The molecule has 2 rings (SSSR count). The minimum Gasteiger partial charge on any atom is -0.362 e. The Morgan fingerprint density at radius 2 is 1.61 bits per heavy atom. The van der Waals surface area contributed by atoms with E-state index >= 15 is 0 Å². The Morgan fingerprint density at radius 1 is 0.893 bits per heavy atom. The first-order chi connectivity index (χ1) is 13.6. The van der Waals surface area contributed by atoms with E-state index in [1.165, 1.54) is 11.1 Å². The smallest absolute Gasteiger partial charge is 0.0382 e. The molecule has 0 spiro atoms. The van der Waals surface area contributed by atoms with Gasteiger partial charge in [0.2, 0.25) is 0 Å². The third kappa shape index (κ3) is 6.77. The molecule has 2 aromatic carbocycles. The zero-order valence-electron chi connectivity index (χ0n) is 17.0. The molecule has 0 radical (unpaired) electrons. The average molecular weight is 368 g/mol. The van der Waals surface area contributed by atoms with E-state index in [1.807, 2.05) is 56.5 Å². The van der Waals surface area contributed by atoms with Crippen LogP contribution in [-0.4, -0.2) is 0 Å². The van der Waals surface area contributed by atoms with Crippen LogP contribution < -0.4 is 15.8 Å². The summed E-state index contributed by atoms with van der Waals surface area (Å²) in [5.41, 5.74) is 4.53. The van der Waals surface area contributed by atoms with E-state index in [-0.39, 0.29) is 0 Å². The predicted octanol–water partition coefficient (Wildman–Crippen LogP) is 5.49. The van der Waals surface area contributed by atoms with Gasteiger partial charge >= 0.3 is 0 Å². The van der Waals surface area contributed by atoms with Crippen molar-refractivity contribution in [1.82, 2.24) is 5.32 Å². The van der Waals surface area contributed by atoms with Gasteiger partial charge in [0.05, 0.1) is 0 Å². The van der Waals surface area contributed by atoms with Crippen molar-refractivity contribution >= 4 is 18.2 Å². The Kier molecular flexibility index (Phi) is 8.55. The van der Waals surface area contributed by atoms with Crippen molar-refractivity contribution in [2.24, 2.45) is 0 Å². The van der Waals surface area contributed by atoms with Gasteiger partial charge < -0.3 is 5.32 Å². The van der Waals surface area contributed by atoms with Gasteiger partial charge in [0.15, 0.2) is 0 Å². The second kappa shape index (κ2) is 11.4. The minimum atomic E-state index is 1.03. The Morgan fingerprint density at radius 3 is 2.29 bits per heavy atom. The molecule has 0 saturated carbocycles. The summed E-state index contributed by atoms with van der Waals surface area (Å²) >= 11 is 0. The Hall–Kier alpha value is -3.32. The molecule has 28 heavy (non-hydrogen) atoms. The molecule has 0 amide bonds. The van der Waals surface area contributed by atoms with Gasteiger partial charge in [-0.25, -0.2) is 0 Å². The molecule has 2 aromatic rings. The highest BCUT2D eigenvalue weighted by Gasteiger charge is 2.00. The van der Waals surface area contributed by atoms with Crippen molar-refractivity contribution in [3.63, 3.8) is 0 Å². The molecule has 1 nitrogen and oxygen atoms in total. The maximum absolute atomic E-state index is 4.09. The SMILES string of the molecule is C=c1cccc/c1=C/C=C(C)/C=C(/C=C(\C=C/C)N/C=C/C)c1ccccc1. The molecule has 0 aromatic heterocycles. The highest BCUT2D eigenvalue weighted by Crippen LogP contribution is 2.19. The molecule has 0 atom stereocenters. The van der Waals surface area contributed by atoms with Crippen LogP contribution in [0.3, 0.4) is 0 Å². The average Bonchev–Trinajstić information content (AvgIpc) is 2.71. The maximum atomic E-state index is 4.09. The van der Waals surface area contributed by atoms with Gasteiger partial charge in [-0.15, -0.1) is 0 Å². The first-order valence-corrected chi connectivity index (χ1v) is 9.56. The lowest BCUT2D eigenvalue weighted by atomic mass is 10.0. The molecule has 1 N–H and O–H groups in total. The van der Waals surface area contributed by atoms with Crippen LogP contribution in [0.4, 0.5) is 0 Å². The van der Waals surface area contributed by atoms with Crippen molar-refractivity contribution in [3.8, 4) is 0 Å². The third-order valence-corrected chi connectivity index (χ3v) is 4.15. The summed E-state index contributed by atoms with van der Waals surface area (Å²) in [6.45, 7) is 10.2. The van der Waals surface area contributed by atoms with E-state index in [0.29, 0.717) is 0 Å².